The molecule has 92 valence electrons. The molecule has 0 aromatic heterocycles. The summed E-state index contributed by atoms with van der Waals surface area (Å²) in [6.07, 6.45) is 0. The van der Waals surface area contributed by atoms with Gasteiger partial charge in [-0.15, -0.1) is 0 Å². The first-order valence-electron chi connectivity index (χ1n) is 5.10. The molecule has 0 amide bonds. The van der Waals surface area contributed by atoms with Gasteiger partial charge in [0, 0.05) is 10.6 Å². The lowest BCUT2D eigenvalue weighted by atomic mass is 10.4. The number of nitrogens with zero attached hydrogens (tertiary/aromatic N) is 1. The van der Waals surface area contributed by atoms with Gasteiger partial charge in [-0.1, -0.05) is 36.4 Å². The Hall–Kier alpha value is -2.06. The summed E-state index contributed by atoms with van der Waals surface area (Å²) >= 11 is 0. The van der Waals surface area contributed by atoms with Gasteiger partial charge in [0.15, 0.2) is 0 Å². The fourth-order valence-corrected chi connectivity index (χ4v) is 2.86. The average molecular weight is 262 g/mol. The Morgan fingerprint density at radius 3 is 1.39 bits per heavy atom. The van der Waals surface area contributed by atoms with Gasteiger partial charge in [0.05, 0.1) is 0 Å². The molecule has 0 saturated carbocycles. The van der Waals surface area contributed by atoms with Crippen molar-refractivity contribution in [2.75, 3.05) is 0 Å². The van der Waals surface area contributed by atoms with Crippen LogP contribution >= 0.6 is 7.37 Å². The van der Waals surface area contributed by atoms with Gasteiger partial charge in [-0.2, -0.15) is 0 Å². The molecule has 5 nitrogen and oxygen atoms in total. The van der Waals surface area contributed by atoms with Crippen LogP contribution in [-0.2, 0) is 4.57 Å². The van der Waals surface area contributed by atoms with Crippen LogP contribution in [0.1, 0.15) is 0 Å². The van der Waals surface area contributed by atoms with Crippen molar-refractivity contribution in [2.24, 2.45) is 0 Å². The molecule has 0 fully saturated rings. The Balaban J connectivity index is 0.000000492. The molecular weight excluding hydrogens is 249 g/mol. The van der Waals surface area contributed by atoms with E-state index in [1.807, 2.05) is 17.0 Å². The highest BCUT2D eigenvalue weighted by Crippen LogP contribution is 2.37. The highest BCUT2D eigenvalue weighted by atomic mass is 31.2. The molecule has 2 rings (SSSR count). The van der Waals surface area contributed by atoms with Crippen LogP contribution in [0.2, 0.25) is 0 Å². The molecule has 0 unspecified atom stereocenters. The molecule has 2 aromatic rings. The zero-order valence-electron chi connectivity index (χ0n) is 9.52. The minimum atomic E-state index is -3.40. The average Bonchev–Trinajstić information content (AvgIpc) is 2.42. The van der Waals surface area contributed by atoms with Crippen LogP contribution in [-0.4, -0.2) is 4.89 Å². The maximum absolute atomic E-state index is 12.2. The molecule has 0 aliphatic carbocycles. The summed E-state index contributed by atoms with van der Waals surface area (Å²) in [6, 6.07) is 17.4. The van der Waals surface area contributed by atoms with Crippen LogP contribution < -0.4 is 15.5 Å². The molecule has 0 heterocycles. The fraction of sp³-hybridized carbons (Fsp3) is 0. The second-order valence-electron chi connectivity index (χ2n) is 3.36. The van der Waals surface area contributed by atoms with Crippen molar-refractivity contribution in [1.29, 1.82) is 11.1 Å². The van der Waals surface area contributed by atoms with E-state index in [2.05, 4.69) is 0 Å². The summed E-state index contributed by atoms with van der Waals surface area (Å²) in [5, 5.41) is 0.937. The Kier molecular flexibility index (Phi) is 5.15. The lowest BCUT2D eigenvalue weighted by Gasteiger charge is -2.11. The van der Waals surface area contributed by atoms with E-state index in [4.69, 9.17) is 11.1 Å². The molecule has 0 aliphatic heterocycles. The third-order valence-electron chi connectivity index (χ3n) is 2.21. The molecule has 0 atom stereocenters. The van der Waals surface area contributed by atoms with Crippen molar-refractivity contribution in [3.05, 3.63) is 60.7 Å². The quantitative estimate of drug-likeness (QED) is 0.438. The monoisotopic (exact) mass is 262 g/mol. The molecule has 18 heavy (non-hydrogen) atoms. The lowest BCUT2D eigenvalue weighted by Crippen LogP contribution is -2.14. The second-order valence-corrected chi connectivity index (χ2v) is 5.54. The van der Waals surface area contributed by atoms with Gasteiger partial charge >= 0.3 is 0 Å². The third kappa shape index (κ3) is 3.47. The van der Waals surface area contributed by atoms with Crippen molar-refractivity contribution in [2.45, 2.75) is 0 Å². The van der Waals surface area contributed by atoms with E-state index in [1.54, 1.807) is 48.5 Å². The van der Waals surface area contributed by atoms with Gasteiger partial charge in [0.1, 0.15) is 11.1 Å². The summed E-state index contributed by atoms with van der Waals surface area (Å²) in [5.41, 5.74) is 11.0. The smallest absolute Gasteiger partial charge is 0.258 e. The first-order chi connectivity index (χ1) is 8.62. The normalized spacial score (nSPS) is 9.83. The maximum Gasteiger partial charge on any atom is 0.258 e. The summed E-state index contributed by atoms with van der Waals surface area (Å²) in [4.78, 5) is 12.0. The molecule has 3 N–H and O–H groups in total. The number of hydrogen-bond donors (Lipinski definition) is 3. The second kappa shape index (κ2) is 6.62. The lowest BCUT2D eigenvalue weighted by molar-refractivity contribution is 0.501. The Morgan fingerprint density at radius 1 is 0.833 bits per heavy atom. The molecule has 2 aromatic carbocycles. The zero-order chi connectivity index (χ0) is 13.4. The van der Waals surface area contributed by atoms with Gasteiger partial charge in [-0.25, -0.2) is 0 Å². The molecule has 0 aliphatic rings. The van der Waals surface area contributed by atoms with Crippen LogP contribution in [0.3, 0.4) is 0 Å². The summed E-state index contributed by atoms with van der Waals surface area (Å²) in [5.74, 6) is 0. The van der Waals surface area contributed by atoms with Gasteiger partial charge in [-0.3, -0.25) is 4.57 Å². The van der Waals surface area contributed by atoms with E-state index >= 15 is 0 Å². The molecule has 0 spiro atoms. The minimum absolute atomic E-state index is 0.469. The Morgan fingerprint density at radius 2 is 1.11 bits per heavy atom. The van der Waals surface area contributed by atoms with Crippen LogP contribution in [0.15, 0.2) is 60.7 Å². The minimum Gasteiger partial charge on any atom is -0.338 e. The largest absolute Gasteiger partial charge is 0.338 e. The van der Waals surface area contributed by atoms with Crippen LogP contribution in [0, 0.1) is 11.1 Å². The van der Waals surface area contributed by atoms with E-state index in [9.17, 15) is 9.46 Å². The number of hydrogen-bond acceptors (Lipinski definition) is 3. The Labute approximate surface area is 105 Å². The predicted octanol–water partition coefficient (Wildman–Crippen LogP) is 2.02. The van der Waals surface area contributed by atoms with Crippen LogP contribution in [0.25, 0.3) is 0 Å². The van der Waals surface area contributed by atoms with Crippen LogP contribution in [0.5, 0.6) is 0 Å². The number of benzene rings is 2. The molecule has 0 radical (unpaired) electrons. The maximum atomic E-state index is 12.2. The zero-order valence-corrected chi connectivity index (χ0v) is 10.4. The van der Waals surface area contributed by atoms with Gasteiger partial charge < -0.3 is 4.89 Å². The molecule has 0 saturated heterocycles. The van der Waals surface area contributed by atoms with Crippen molar-refractivity contribution in [1.82, 2.24) is 4.91 Å². The summed E-state index contributed by atoms with van der Waals surface area (Å²) in [7, 11) is -3.40. The fourth-order valence-electron chi connectivity index (χ4n) is 1.41. The summed E-state index contributed by atoms with van der Waals surface area (Å²) in [6.45, 7) is 0. The van der Waals surface area contributed by atoms with E-state index in [-0.39, 0.29) is 0 Å². The van der Waals surface area contributed by atoms with Crippen molar-refractivity contribution in [3.8, 4) is 0 Å². The molecular formula is C12H13N3O2P+. The third-order valence-corrected chi connectivity index (χ3v) is 4.21. The van der Waals surface area contributed by atoms with Crippen molar-refractivity contribution in [3.63, 3.8) is 0 Å². The van der Waals surface area contributed by atoms with Gasteiger partial charge in [-0.05, 0) is 24.3 Å². The summed E-state index contributed by atoms with van der Waals surface area (Å²) < 4.78 is 12.2. The topological polar surface area (TPSA) is 99.1 Å². The highest BCUT2D eigenvalue weighted by molar-refractivity contribution is 7.73. The van der Waals surface area contributed by atoms with Crippen molar-refractivity contribution >= 4 is 18.0 Å². The van der Waals surface area contributed by atoms with Gasteiger partial charge in [0.2, 0.25) is 4.91 Å². The predicted molar refractivity (Wildman–Crippen MR) is 69.6 cm³/mol. The number of nitrogens with one attached hydrogen (secondary N) is 2. The first kappa shape index (κ1) is 14.0. The first-order valence-corrected chi connectivity index (χ1v) is 6.76. The standard InChI is InChI=1S/C12H11O2P.H2N3/c13-15(14,11-7-3-1-4-8-11)12-9-5-2-6-10-12;1-3-2/h1-10H,(H,13,14);1-2H/q;+1. The molecule has 0 bridgehead atoms. The van der Waals surface area contributed by atoms with Gasteiger partial charge in [0.25, 0.3) is 7.37 Å². The van der Waals surface area contributed by atoms with E-state index < -0.39 is 7.37 Å². The Bertz CT molecular complexity index is 523. The van der Waals surface area contributed by atoms with E-state index in [0.29, 0.717) is 10.6 Å². The van der Waals surface area contributed by atoms with E-state index in [1.165, 1.54) is 0 Å². The van der Waals surface area contributed by atoms with Crippen LogP contribution in [0.4, 0.5) is 0 Å². The van der Waals surface area contributed by atoms with Crippen molar-refractivity contribution < 1.29 is 9.46 Å². The molecule has 6 heteroatoms. The highest BCUT2D eigenvalue weighted by Gasteiger charge is 2.22. The number of rotatable bonds is 2. The van der Waals surface area contributed by atoms with E-state index in [0.717, 1.165) is 0 Å². The SMILES string of the molecule is N=[N+]=N.O=P(O)(c1ccccc1)c1ccccc1.